The van der Waals surface area contributed by atoms with Crippen LogP contribution in [0.5, 0.6) is 0 Å². The minimum Gasteiger partial charge on any atom is -0.207 e. The summed E-state index contributed by atoms with van der Waals surface area (Å²) < 4.78 is 35.8. The summed E-state index contributed by atoms with van der Waals surface area (Å²) >= 11 is 1.05. The molecule has 0 spiro atoms. The number of rotatable bonds is 3. The van der Waals surface area contributed by atoms with Gasteiger partial charge in [-0.3, -0.25) is 0 Å². The van der Waals surface area contributed by atoms with E-state index in [2.05, 4.69) is 22.6 Å². The Bertz CT molecular complexity index is 724. The van der Waals surface area contributed by atoms with Gasteiger partial charge in [-0.25, -0.2) is 8.42 Å². The van der Waals surface area contributed by atoms with Crippen molar-refractivity contribution >= 4 is 32.8 Å². The molecule has 1 aromatic carbocycles. The largest absolute Gasteiger partial charge is 0.245 e. The molecule has 0 N–H and O–H groups in total. The smallest absolute Gasteiger partial charge is 0.207 e. The first kappa shape index (κ1) is 13.9. The lowest BCUT2D eigenvalue weighted by Gasteiger charge is -2.26. The molecule has 0 radical (unpaired) electrons. The third-order valence-corrected chi connectivity index (χ3v) is 6.35. The molecule has 0 bridgehead atoms. The van der Waals surface area contributed by atoms with Gasteiger partial charge in [0.05, 0.1) is 11.7 Å². The van der Waals surface area contributed by atoms with E-state index >= 15 is 0 Å². The summed E-state index contributed by atoms with van der Waals surface area (Å²) in [7, 11) is -3.49. The Morgan fingerprint density at radius 2 is 2.15 bits per heavy atom. The van der Waals surface area contributed by atoms with Gasteiger partial charge in [0.2, 0.25) is 10.0 Å². The second-order valence-corrected chi connectivity index (χ2v) is 7.84. The van der Waals surface area contributed by atoms with Crippen LogP contribution < -0.4 is 0 Å². The number of nitrogens with zero attached hydrogens (tertiary/aromatic N) is 3. The highest BCUT2D eigenvalue weighted by atomic mass is 32.2. The van der Waals surface area contributed by atoms with Crippen LogP contribution in [0.1, 0.15) is 26.7 Å². The van der Waals surface area contributed by atoms with Crippen LogP contribution in [-0.2, 0) is 10.0 Å². The molecule has 1 aliphatic heterocycles. The van der Waals surface area contributed by atoms with Crippen molar-refractivity contribution in [3.8, 4) is 0 Å². The zero-order valence-corrected chi connectivity index (χ0v) is 13.1. The second kappa shape index (κ2) is 5.05. The highest BCUT2D eigenvalue weighted by molar-refractivity contribution is 7.89. The van der Waals surface area contributed by atoms with Crippen LogP contribution in [0.15, 0.2) is 23.1 Å². The quantitative estimate of drug-likeness (QED) is 0.873. The van der Waals surface area contributed by atoms with Gasteiger partial charge in [0.25, 0.3) is 0 Å². The van der Waals surface area contributed by atoms with Crippen LogP contribution in [0.3, 0.4) is 0 Å². The first-order valence-corrected chi connectivity index (χ1v) is 8.92. The molecule has 0 amide bonds. The van der Waals surface area contributed by atoms with Crippen LogP contribution in [0.4, 0.5) is 0 Å². The molecule has 0 aliphatic carbocycles. The fraction of sp³-hybridized carbons (Fsp3) is 0.538. The Morgan fingerprint density at radius 3 is 2.90 bits per heavy atom. The molecular formula is C13H17N3O2S2. The molecule has 1 saturated heterocycles. The zero-order valence-electron chi connectivity index (χ0n) is 11.5. The molecule has 1 atom stereocenters. The lowest BCUT2D eigenvalue weighted by Crippen LogP contribution is -2.38. The standard InChI is InChI=1S/C13H17N3O2S2/c1-9(2)11-6-4-8-16(11)20(17,18)12-7-3-5-10-13(12)15-19-14-10/h3,5,7,9,11H,4,6,8H2,1-2H3. The number of fused-ring (bicyclic) bond motifs is 1. The van der Waals surface area contributed by atoms with Gasteiger partial charge in [-0.05, 0) is 30.9 Å². The summed E-state index contributed by atoms with van der Waals surface area (Å²) in [6.07, 6.45) is 1.86. The van der Waals surface area contributed by atoms with Gasteiger partial charge >= 0.3 is 0 Å². The van der Waals surface area contributed by atoms with Crippen LogP contribution in [-0.4, -0.2) is 34.1 Å². The van der Waals surface area contributed by atoms with E-state index in [1.54, 1.807) is 22.5 Å². The highest BCUT2D eigenvalue weighted by Crippen LogP contribution is 2.32. The molecule has 2 heterocycles. The zero-order chi connectivity index (χ0) is 14.3. The maximum Gasteiger partial charge on any atom is 0.245 e. The van der Waals surface area contributed by atoms with Gasteiger partial charge in [0.1, 0.15) is 15.9 Å². The summed E-state index contributed by atoms with van der Waals surface area (Å²) in [6, 6.07) is 5.25. The summed E-state index contributed by atoms with van der Waals surface area (Å²) in [6.45, 7) is 4.74. The van der Waals surface area contributed by atoms with E-state index in [1.807, 2.05) is 0 Å². The van der Waals surface area contributed by atoms with E-state index in [9.17, 15) is 8.42 Å². The van der Waals surface area contributed by atoms with Gasteiger partial charge in [0, 0.05) is 12.6 Å². The maximum absolute atomic E-state index is 12.9. The van der Waals surface area contributed by atoms with E-state index in [4.69, 9.17) is 0 Å². The molecule has 0 saturated carbocycles. The Kier molecular flexibility index (Phi) is 3.51. The van der Waals surface area contributed by atoms with E-state index in [0.29, 0.717) is 23.5 Å². The van der Waals surface area contributed by atoms with E-state index < -0.39 is 10.0 Å². The van der Waals surface area contributed by atoms with Gasteiger partial charge < -0.3 is 0 Å². The SMILES string of the molecule is CC(C)C1CCCN1S(=O)(=O)c1cccc2nsnc12. The molecule has 20 heavy (non-hydrogen) atoms. The van der Waals surface area contributed by atoms with Crippen molar-refractivity contribution < 1.29 is 8.42 Å². The summed E-state index contributed by atoms with van der Waals surface area (Å²) in [5.74, 6) is 0.319. The Hall–Kier alpha value is -1.05. The second-order valence-electron chi connectivity index (χ2n) is 5.46. The molecule has 108 valence electrons. The monoisotopic (exact) mass is 311 g/mol. The van der Waals surface area contributed by atoms with Crippen LogP contribution in [0, 0.1) is 5.92 Å². The van der Waals surface area contributed by atoms with Crippen molar-refractivity contribution in [2.24, 2.45) is 5.92 Å². The third-order valence-electron chi connectivity index (χ3n) is 3.85. The summed E-state index contributed by atoms with van der Waals surface area (Å²) in [5.41, 5.74) is 1.14. The first-order valence-electron chi connectivity index (χ1n) is 6.75. The van der Waals surface area contributed by atoms with Gasteiger partial charge in [-0.1, -0.05) is 19.9 Å². The number of hydrogen-bond acceptors (Lipinski definition) is 5. The summed E-state index contributed by atoms with van der Waals surface area (Å²) in [4.78, 5) is 0.288. The predicted molar refractivity (Wildman–Crippen MR) is 79.2 cm³/mol. The lowest BCUT2D eigenvalue weighted by atomic mass is 10.0. The average molecular weight is 311 g/mol. The minimum absolute atomic E-state index is 0.0850. The molecule has 2 aromatic rings. The number of aromatic nitrogens is 2. The van der Waals surface area contributed by atoms with Crippen LogP contribution in [0.2, 0.25) is 0 Å². The maximum atomic E-state index is 12.9. The predicted octanol–water partition coefficient (Wildman–Crippen LogP) is 2.50. The normalized spacial score (nSPS) is 21.1. The fourth-order valence-electron chi connectivity index (χ4n) is 2.85. The van der Waals surface area contributed by atoms with Crippen molar-refractivity contribution in [1.29, 1.82) is 0 Å². The van der Waals surface area contributed by atoms with Crippen LogP contribution in [0.25, 0.3) is 11.0 Å². The van der Waals surface area contributed by atoms with Crippen LogP contribution >= 0.6 is 11.7 Å². The number of hydrogen-bond donors (Lipinski definition) is 0. The highest BCUT2D eigenvalue weighted by Gasteiger charge is 2.37. The number of sulfonamides is 1. The van der Waals surface area contributed by atoms with Crippen molar-refractivity contribution in [2.45, 2.75) is 37.6 Å². The van der Waals surface area contributed by atoms with Gasteiger partial charge in [0.15, 0.2) is 0 Å². The van der Waals surface area contributed by atoms with Crippen molar-refractivity contribution in [1.82, 2.24) is 13.1 Å². The molecular weight excluding hydrogens is 294 g/mol. The number of benzene rings is 1. The minimum atomic E-state index is -3.49. The Morgan fingerprint density at radius 1 is 1.35 bits per heavy atom. The Labute approximate surface area is 123 Å². The molecule has 5 nitrogen and oxygen atoms in total. The fourth-order valence-corrected chi connectivity index (χ4v) is 5.43. The first-order chi connectivity index (χ1) is 9.51. The lowest BCUT2D eigenvalue weighted by molar-refractivity contribution is 0.316. The summed E-state index contributed by atoms with van der Waals surface area (Å²) in [5, 5.41) is 0. The molecule has 7 heteroatoms. The van der Waals surface area contributed by atoms with E-state index in [0.717, 1.165) is 24.6 Å². The molecule has 1 fully saturated rings. The van der Waals surface area contributed by atoms with Crippen molar-refractivity contribution in [2.75, 3.05) is 6.54 Å². The van der Waals surface area contributed by atoms with Gasteiger partial charge in [-0.2, -0.15) is 13.1 Å². The van der Waals surface area contributed by atoms with Gasteiger partial charge in [-0.15, -0.1) is 0 Å². The van der Waals surface area contributed by atoms with E-state index in [1.165, 1.54) is 0 Å². The topological polar surface area (TPSA) is 63.2 Å². The molecule has 1 aliphatic rings. The average Bonchev–Trinajstić information content (AvgIpc) is 3.06. The molecule has 3 rings (SSSR count). The van der Waals surface area contributed by atoms with Crippen molar-refractivity contribution in [3.63, 3.8) is 0 Å². The molecule has 1 aromatic heterocycles. The van der Waals surface area contributed by atoms with Crippen molar-refractivity contribution in [3.05, 3.63) is 18.2 Å². The molecule has 1 unspecified atom stereocenters. The Balaban J connectivity index is 2.10. The van der Waals surface area contributed by atoms with E-state index in [-0.39, 0.29) is 10.9 Å². The third kappa shape index (κ3) is 2.13.